The topological polar surface area (TPSA) is 386 Å². The predicted molar refractivity (Wildman–Crippen MR) is 305 cm³/mol. The summed E-state index contributed by atoms with van der Waals surface area (Å²) in [6.45, 7) is 0.510. The fourth-order valence-electron chi connectivity index (χ4n) is 11.3. The Kier molecular flexibility index (Phi) is 37.7. The van der Waals surface area contributed by atoms with Crippen LogP contribution in [0.2, 0.25) is 0 Å². The van der Waals surface area contributed by atoms with Crippen LogP contribution in [-0.2, 0) is 42.7 Å². The lowest BCUT2D eigenvalue weighted by molar-refractivity contribution is -0.390. The quantitative estimate of drug-likeness (QED) is 0.0304. The Hall–Kier alpha value is -1.67. The van der Waals surface area contributed by atoms with Gasteiger partial charge in [-0.2, -0.15) is 0 Å². The summed E-state index contributed by atoms with van der Waals surface area (Å²) in [5.41, 5.74) is 0. The lowest BCUT2D eigenvalue weighted by Gasteiger charge is -2.49. The molecule has 4 heterocycles. The summed E-state index contributed by atoms with van der Waals surface area (Å²) in [4.78, 5) is 13.4. The van der Waals surface area contributed by atoms with Crippen molar-refractivity contribution >= 4 is 5.91 Å². The van der Waals surface area contributed by atoms with Gasteiger partial charge in [0.25, 0.3) is 0 Å². The zero-order chi connectivity index (χ0) is 61.4. The Morgan fingerprint density at radius 1 is 0.417 bits per heavy atom. The molecule has 84 heavy (non-hydrogen) atoms. The van der Waals surface area contributed by atoms with E-state index in [1.54, 1.807) is 6.08 Å². The number of aliphatic hydroxyl groups is 14. The molecular weight excluding hydrogens is 1100 g/mol. The van der Waals surface area contributed by atoms with E-state index in [0.717, 1.165) is 44.9 Å². The van der Waals surface area contributed by atoms with Crippen molar-refractivity contribution in [3.63, 3.8) is 0 Å². The number of carbonyl (C=O) groups is 1. The first-order valence-electron chi connectivity index (χ1n) is 32.0. The summed E-state index contributed by atoms with van der Waals surface area (Å²) in [6.07, 6.45) is -2.53. The smallest absolute Gasteiger partial charge is 0.220 e. The van der Waals surface area contributed by atoms with Gasteiger partial charge in [0, 0.05) is 6.42 Å². The molecule has 494 valence electrons. The molecule has 0 saturated carbocycles. The summed E-state index contributed by atoms with van der Waals surface area (Å²) in [5.74, 6) is -0.306. The summed E-state index contributed by atoms with van der Waals surface area (Å²) in [5, 5.41) is 154. The molecule has 1 amide bonds. The molecule has 0 aromatic heterocycles. The molecule has 0 bridgehead atoms. The molecule has 4 fully saturated rings. The number of aliphatic hydroxyl groups excluding tert-OH is 14. The van der Waals surface area contributed by atoms with Crippen molar-refractivity contribution < 1.29 is 114 Å². The number of amides is 1. The van der Waals surface area contributed by atoms with Gasteiger partial charge in [0.1, 0.15) is 97.7 Å². The first kappa shape index (κ1) is 74.8. The highest BCUT2D eigenvalue weighted by molar-refractivity contribution is 5.76. The molecule has 0 radical (unpaired) electrons. The first-order chi connectivity index (χ1) is 40.6. The van der Waals surface area contributed by atoms with E-state index in [9.17, 15) is 76.3 Å². The van der Waals surface area contributed by atoms with Crippen molar-refractivity contribution in [2.24, 2.45) is 0 Å². The summed E-state index contributed by atoms with van der Waals surface area (Å²) >= 11 is 0. The third-order valence-corrected chi connectivity index (χ3v) is 16.7. The molecule has 24 nitrogen and oxygen atoms in total. The van der Waals surface area contributed by atoms with E-state index in [1.165, 1.54) is 116 Å². The van der Waals surface area contributed by atoms with Crippen LogP contribution in [-0.4, -0.2) is 245 Å². The van der Waals surface area contributed by atoms with Gasteiger partial charge in [0.15, 0.2) is 25.2 Å². The first-order valence-corrected chi connectivity index (χ1v) is 32.0. The van der Waals surface area contributed by atoms with Gasteiger partial charge in [-0.25, -0.2) is 0 Å². The van der Waals surface area contributed by atoms with Crippen molar-refractivity contribution in [1.82, 2.24) is 5.32 Å². The standard InChI is InChI=1S/C60H111NO23/c1-3-5-7-9-11-13-15-17-18-20-22-24-26-28-30-32-44(67)61-38(39(66)31-29-27-25-23-21-19-16-14-12-10-8-6-4-2)37-77-57-51(74)49(72)54(43(36-65)81-57)82-59-52(75)56(47(70)41(34-63)79-59)84-60-53(76)55(46(69)42(35-64)80-60)83-58-50(73)48(71)45(68)40(33-62)78-58/h29,31,38-43,45-60,62-66,68-76H,3-28,30,32-37H2,1-2H3,(H,61,67)/b31-29+/t38-,39+,40?,41?,42?,43?,45-,46-,47-,48-,49+,50?,51?,52?,53?,54+,55-,56-,57+,58+,59-,60+/m0/s1. The van der Waals surface area contributed by atoms with Gasteiger partial charge < -0.3 is 115 Å². The average Bonchev–Trinajstić information content (AvgIpc) is 2.01. The molecule has 0 spiro atoms. The normalized spacial score (nSPS) is 34.7. The van der Waals surface area contributed by atoms with Crippen LogP contribution in [0.3, 0.4) is 0 Å². The fraction of sp³-hybridized carbons (Fsp3) is 0.950. The Balaban J connectivity index is 1.35. The van der Waals surface area contributed by atoms with E-state index >= 15 is 0 Å². The van der Waals surface area contributed by atoms with E-state index in [4.69, 9.17) is 37.9 Å². The molecule has 15 N–H and O–H groups in total. The Bertz CT molecular complexity index is 1710. The second-order valence-corrected chi connectivity index (χ2v) is 23.6. The highest BCUT2D eigenvalue weighted by atomic mass is 16.8. The van der Waals surface area contributed by atoms with Crippen LogP contribution in [0.5, 0.6) is 0 Å². The SMILES string of the molecule is CCCCCCCCCCCCC/C=C/[C@@H](O)[C@H](CO[C@@H]1OC(CO)[C@@H](O[C@@H]2OC(CO)[C@H](O)[C@H](O[C@H]3OC(CO)[C@H](O)[C@H](O[C@H]4OC(CO)[C@H](O)[C@H](O)C4O)C3O)C2O)[C@H](O)C1O)NC(=O)CCCCCCCCCCCCCCCCC. The minimum atomic E-state index is -2.09. The molecule has 8 unspecified atom stereocenters. The van der Waals surface area contributed by atoms with Crippen LogP contribution in [0.15, 0.2) is 12.2 Å². The number of allylic oxidation sites excluding steroid dienone is 1. The van der Waals surface area contributed by atoms with E-state index in [-0.39, 0.29) is 12.3 Å². The number of hydrogen-bond acceptors (Lipinski definition) is 23. The Morgan fingerprint density at radius 2 is 0.774 bits per heavy atom. The highest BCUT2D eigenvalue weighted by Gasteiger charge is 2.55. The van der Waals surface area contributed by atoms with Gasteiger partial charge in [-0.3, -0.25) is 4.79 Å². The number of nitrogens with one attached hydrogen (secondary N) is 1. The zero-order valence-corrected chi connectivity index (χ0v) is 50.1. The van der Waals surface area contributed by atoms with Crippen molar-refractivity contribution in [3.8, 4) is 0 Å². The molecule has 0 aromatic carbocycles. The molecule has 4 aliphatic heterocycles. The minimum Gasteiger partial charge on any atom is -0.394 e. The molecule has 0 aromatic rings. The minimum absolute atomic E-state index is 0.215. The lowest BCUT2D eigenvalue weighted by atomic mass is 9.95. The monoisotopic (exact) mass is 1210 g/mol. The van der Waals surface area contributed by atoms with Crippen molar-refractivity contribution in [2.45, 2.75) is 329 Å². The van der Waals surface area contributed by atoms with Crippen LogP contribution in [0, 0.1) is 0 Å². The maximum Gasteiger partial charge on any atom is 0.220 e. The Labute approximate surface area is 497 Å². The van der Waals surface area contributed by atoms with Gasteiger partial charge in [-0.05, 0) is 19.3 Å². The van der Waals surface area contributed by atoms with E-state index < -0.39 is 168 Å². The number of ether oxygens (including phenoxy) is 8. The fourth-order valence-corrected chi connectivity index (χ4v) is 11.3. The lowest BCUT2D eigenvalue weighted by Crippen LogP contribution is -2.67. The molecule has 24 heteroatoms. The van der Waals surface area contributed by atoms with E-state index in [0.29, 0.717) is 12.8 Å². The molecule has 4 aliphatic rings. The van der Waals surface area contributed by atoms with Crippen LogP contribution < -0.4 is 5.32 Å². The van der Waals surface area contributed by atoms with Crippen LogP contribution >= 0.6 is 0 Å². The largest absolute Gasteiger partial charge is 0.394 e. The van der Waals surface area contributed by atoms with Gasteiger partial charge in [0.2, 0.25) is 5.91 Å². The maximum atomic E-state index is 13.4. The van der Waals surface area contributed by atoms with Crippen LogP contribution in [0.1, 0.15) is 194 Å². The molecule has 4 rings (SSSR count). The number of hydrogen-bond donors (Lipinski definition) is 15. The van der Waals surface area contributed by atoms with Crippen molar-refractivity contribution in [2.75, 3.05) is 33.0 Å². The van der Waals surface area contributed by atoms with Crippen molar-refractivity contribution in [1.29, 1.82) is 0 Å². The number of carbonyl (C=O) groups excluding carboxylic acids is 1. The second kappa shape index (κ2) is 42.3. The molecule has 0 aliphatic carbocycles. The van der Waals surface area contributed by atoms with E-state index in [2.05, 4.69) is 19.2 Å². The Morgan fingerprint density at radius 3 is 1.20 bits per heavy atom. The van der Waals surface area contributed by atoms with Gasteiger partial charge in [-0.15, -0.1) is 0 Å². The van der Waals surface area contributed by atoms with Gasteiger partial charge in [0.05, 0.1) is 45.2 Å². The van der Waals surface area contributed by atoms with E-state index in [1.807, 2.05) is 6.08 Å². The third kappa shape index (κ3) is 24.6. The summed E-state index contributed by atoms with van der Waals surface area (Å²) in [6, 6.07) is -1.02. The number of unbranched alkanes of at least 4 members (excludes halogenated alkanes) is 25. The average molecular weight is 1210 g/mol. The summed E-state index contributed by atoms with van der Waals surface area (Å²) < 4.78 is 45.8. The summed E-state index contributed by atoms with van der Waals surface area (Å²) in [7, 11) is 0. The second-order valence-electron chi connectivity index (χ2n) is 23.6. The molecule has 22 atom stereocenters. The van der Waals surface area contributed by atoms with Crippen molar-refractivity contribution in [3.05, 3.63) is 12.2 Å². The van der Waals surface area contributed by atoms with Gasteiger partial charge in [-0.1, -0.05) is 180 Å². The van der Waals surface area contributed by atoms with Crippen LogP contribution in [0.25, 0.3) is 0 Å². The highest BCUT2D eigenvalue weighted by Crippen LogP contribution is 2.35. The van der Waals surface area contributed by atoms with Gasteiger partial charge >= 0.3 is 0 Å². The molecule has 4 saturated heterocycles. The maximum absolute atomic E-state index is 13.4. The third-order valence-electron chi connectivity index (χ3n) is 16.7. The van der Waals surface area contributed by atoms with Crippen LogP contribution in [0.4, 0.5) is 0 Å². The predicted octanol–water partition coefficient (Wildman–Crippen LogP) is 1.64. The molecular formula is C60H111NO23. The zero-order valence-electron chi connectivity index (χ0n) is 50.1. The number of rotatable bonds is 44.